The summed E-state index contributed by atoms with van der Waals surface area (Å²) in [7, 11) is 0. The monoisotopic (exact) mass is 224 g/mol. The summed E-state index contributed by atoms with van der Waals surface area (Å²) < 4.78 is 17.5. The highest BCUT2D eigenvalue weighted by molar-refractivity contribution is 5.45. The van der Waals surface area contributed by atoms with Crippen molar-refractivity contribution in [2.75, 3.05) is 6.61 Å². The highest BCUT2D eigenvalue weighted by atomic mass is 19.1. The van der Waals surface area contributed by atoms with Crippen LogP contribution in [0.2, 0.25) is 0 Å². The lowest BCUT2D eigenvalue weighted by molar-refractivity contribution is 0.260. The van der Waals surface area contributed by atoms with E-state index in [1.165, 1.54) is 12.1 Å². The van der Waals surface area contributed by atoms with E-state index in [1.54, 1.807) is 0 Å². The van der Waals surface area contributed by atoms with Crippen molar-refractivity contribution in [2.45, 2.75) is 6.04 Å². The summed E-state index contributed by atoms with van der Waals surface area (Å²) in [4.78, 5) is 7.71. The predicted octanol–water partition coefficient (Wildman–Crippen LogP) is 0.263. The molecule has 2 aromatic rings. The first-order chi connectivity index (χ1) is 7.70. The molecule has 0 radical (unpaired) electrons. The van der Waals surface area contributed by atoms with Crippen LogP contribution < -0.4 is 5.73 Å². The minimum Gasteiger partial charge on any atom is -0.394 e. The Morgan fingerprint density at radius 1 is 1.50 bits per heavy atom. The van der Waals surface area contributed by atoms with Crippen LogP contribution in [0.1, 0.15) is 11.9 Å². The van der Waals surface area contributed by atoms with Crippen molar-refractivity contribution in [3.05, 3.63) is 30.0 Å². The Morgan fingerprint density at radius 2 is 2.31 bits per heavy atom. The Morgan fingerprint density at radius 3 is 2.94 bits per heavy atom. The van der Waals surface area contributed by atoms with Crippen molar-refractivity contribution in [1.29, 1.82) is 0 Å². The van der Waals surface area contributed by atoms with E-state index in [9.17, 15) is 4.39 Å². The van der Waals surface area contributed by atoms with E-state index < -0.39 is 11.9 Å². The molecule has 0 saturated heterocycles. The third-order valence-corrected chi connectivity index (χ3v) is 1.92. The molecule has 2 heterocycles. The Hall–Kier alpha value is -1.86. The lowest BCUT2D eigenvalue weighted by Crippen LogP contribution is -2.15. The van der Waals surface area contributed by atoms with Gasteiger partial charge in [0.2, 0.25) is 0 Å². The number of nitrogens with zero attached hydrogens (tertiary/aromatic N) is 3. The topological polar surface area (TPSA) is 98.1 Å². The third-order valence-electron chi connectivity index (χ3n) is 1.92. The summed E-state index contributed by atoms with van der Waals surface area (Å²) in [5.74, 6) is -0.127. The lowest BCUT2D eigenvalue weighted by atomic mass is 10.3. The van der Waals surface area contributed by atoms with Crippen molar-refractivity contribution in [3.8, 4) is 11.6 Å². The quantitative estimate of drug-likeness (QED) is 0.776. The normalized spacial score (nSPS) is 12.7. The van der Waals surface area contributed by atoms with Crippen LogP contribution in [-0.2, 0) is 0 Å². The number of aromatic nitrogens is 3. The summed E-state index contributed by atoms with van der Waals surface area (Å²) in [5.41, 5.74) is 5.85. The zero-order chi connectivity index (χ0) is 11.5. The molecule has 0 saturated carbocycles. The van der Waals surface area contributed by atoms with Gasteiger partial charge in [0.05, 0.1) is 18.8 Å². The molecule has 0 aliphatic rings. The second kappa shape index (κ2) is 4.33. The molecule has 16 heavy (non-hydrogen) atoms. The first-order valence-electron chi connectivity index (χ1n) is 4.52. The molecule has 0 aliphatic heterocycles. The maximum Gasteiger partial charge on any atom is 0.276 e. The van der Waals surface area contributed by atoms with Crippen LogP contribution in [-0.4, -0.2) is 26.8 Å². The SMILES string of the molecule is NC(CO)c1noc(-c2ccc(F)cn2)n1. The van der Waals surface area contributed by atoms with E-state index in [2.05, 4.69) is 15.1 Å². The lowest BCUT2D eigenvalue weighted by Gasteiger charge is -1.98. The Bertz CT molecular complexity index is 471. The smallest absolute Gasteiger partial charge is 0.276 e. The molecule has 0 spiro atoms. The standard InChI is InChI=1S/C9H9FN4O2/c10-5-1-2-7(12-3-5)9-13-8(14-16-9)6(11)4-15/h1-3,6,15H,4,11H2. The van der Waals surface area contributed by atoms with Gasteiger partial charge in [-0.05, 0) is 12.1 Å². The number of halogens is 1. The third kappa shape index (κ3) is 2.05. The van der Waals surface area contributed by atoms with Gasteiger partial charge in [-0.15, -0.1) is 0 Å². The highest BCUT2D eigenvalue weighted by Gasteiger charge is 2.14. The molecule has 1 atom stereocenters. The van der Waals surface area contributed by atoms with Crippen LogP contribution in [0.25, 0.3) is 11.6 Å². The Labute approximate surface area is 89.9 Å². The molecule has 0 amide bonds. The molecular weight excluding hydrogens is 215 g/mol. The van der Waals surface area contributed by atoms with Gasteiger partial charge in [0, 0.05) is 0 Å². The fourth-order valence-corrected chi connectivity index (χ4v) is 1.07. The van der Waals surface area contributed by atoms with E-state index in [1.807, 2.05) is 0 Å². The number of pyridine rings is 1. The van der Waals surface area contributed by atoms with Crippen LogP contribution in [0.5, 0.6) is 0 Å². The average molecular weight is 224 g/mol. The van der Waals surface area contributed by atoms with Crippen LogP contribution in [0.15, 0.2) is 22.9 Å². The molecule has 7 heteroatoms. The van der Waals surface area contributed by atoms with Gasteiger partial charge in [0.15, 0.2) is 5.82 Å². The molecule has 1 unspecified atom stereocenters. The Kier molecular flexibility index (Phi) is 2.88. The van der Waals surface area contributed by atoms with Crippen molar-refractivity contribution in [3.63, 3.8) is 0 Å². The molecular formula is C9H9FN4O2. The van der Waals surface area contributed by atoms with E-state index in [0.717, 1.165) is 6.20 Å². The first kappa shape index (κ1) is 10.7. The van der Waals surface area contributed by atoms with Gasteiger partial charge in [-0.2, -0.15) is 4.98 Å². The van der Waals surface area contributed by atoms with Gasteiger partial charge in [0.1, 0.15) is 11.5 Å². The van der Waals surface area contributed by atoms with Crippen LogP contribution in [0.4, 0.5) is 4.39 Å². The highest BCUT2D eigenvalue weighted by Crippen LogP contribution is 2.16. The number of hydrogen-bond donors (Lipinski definition) is 2. The van der Waals surface area contributed by atoms with Crippen LogP contribution in [0, 0.1) is 5.82 Å². The maximum atomic E-state index is 12.6. The maximum absolute atomic E-state index is 12.6. The van der Waals surface area contributed by atoms with Crippen molar-refractivity contribution in [1.82, 2.24) is 15.1 Å². The zero-order valence-electron chi connectivity index (χ0n) is 8.17. The number of nitrogens with two attached hydrogens (primary N) is 1. The molecule has 6 nitrogen and oxygen atoms in total. The predicted molar refractivity (Wildman–Crippen MR) is 51.5 cm³/mol. The van der Waals surface area contributed by atoms with E-state index in [-0.39, 0.29) is 18.3 Å². The van der Waals surface area contributed by atoms with Crippen molar-refractivity contribution < 1.29 is 14.0 Å². The van der Waals surface area contributed by atoms with Gasteiger partial charge in [-0.1, -0.05) is 5.16 Å². The second-order valence-electron chi connectivity index (χ2n) is 3.11. The van der Waals surface area contributed by atoms with Gasteiger partial charge < -0.3 is 15.4 Å². The molecule has 2 rings (SSSR count). The Balaban J connectivity index is 2.28. The number of rotatable bonds is 3. The van der Waals surface area contributed by atoms with Gasteiger partial charge in [-0.3, -0.25) is 0 Å². The zero-order valence-corrected chi connectivity index (χ0v) is 8.17. The summed E-state index contributed by atoms with van der Waals surface area (Å²) >= 11 is 0. The van der Waals surface area contributed by atoms with Gasteiger partial charge >= 0.3 is 0 Å². The molecule has 0 bridgehead atoms. The second-order valence-corrected chi connectivity index (χ2v) is 3.11. The molecule has 0 aliphatic carbocycles. The number of aliphatic hydroxyl groups is 1. The fraction of sp³-hybridized carbons (Fsp3) is 0.222. The van der Waals surface area contributed by atoms with E-state index >= 15 is 0 Å². The average Bonchev–Trinajstić information content (AvgIpc) is 2.78. The van der Waals surface area contributed by atoms with E-state index in [0.29, 0.717) is 5.69 Å². The first-order valence-corrected chi connectivity index (χ1v) is 4.52. The van der Waals surface area contributed by atoms with Gasteiger partial charge in [0.25, 0.3) is 5.89 Å². The molecule has 3 N–H and O–H groups in total. The summed E-state index contributed by atoms with van der Waals surface area (Å²) in [6.45, 7) is -0.282. The molecule has 2 aromatic heterocycles. The van der Waals surface area contributed by atoms with Gasteiger partial charge in [-0.25, -0.2) is 9.37 Å². The summed E-state index contributed by atoms with van der Waals surface area (Å²) in [5, 5.41) is 12.4. The molecule has 84 valence electrons. The van der Waals surface area contributed by atoms with Crippen molar-refractivity contribution >= 4 is 0 Å². The molecule has 0 aromatic carbocycles. The van der Waals surface area contributed by atoms with Crippen LogP contribution >= 0.6 is 0 Å². The molecule has 0 fully saturated rings. The minimum atomic E-state index is -0.696. The number of aliphatic hydroxyl groups excluding tert-OH is 1. The summed E-state index contributed by atoms with van der Waals surface area (Å²) in [6.07, 6.45) is 1.05. The largest absolute Gasteiger partial charge is 0.394 e. The van der Waals surface area contributed by atoms with Crippen LogP contribution in [0.3, 0.4) is 0 Å². The van der Waals surface area contributed by atoms with Crippen molar-refractivity contribution in [2.24, 2.45) is 5.73 Å². The fourth-order valence-electron chi connectivity index (χ4n) is 1.07. The minimum absolute atomic E-state index is 0.138. The number of hydrogen-bond acceptors (Lipinski definition) is 6. The summed E-state index contributed by atoms with van der Waals surface area (Å²) in [6, 6.07) is 1.95. The van der Waals surface area contributed by atoms with E-state index in [4.69, 9.17) is 15.4 Å².